The Morgan fingerprint density at radius 1 is 1.41 bits per heavy atom. The van der Waals surface area contributed by atoms with E-state index in [1.54, 1.807) is 37.1 Å². The second-order valence-electron chi connectivity index (χ2n) is 6.21. The summed E-state index contributed by atoms with van der Waals surface area (Å²) >= 11 is 0. The van der Waals surface area contributed by atoms with Crippen molar-refractivity contribution >= 4 is 11.9 Å². The number of benzene rings is 1. The van der Waals surface area contributed by atoms with Crippen LogP contribution in [-0.4, -0.2) is 46.6 Å². The lowest BCUT2D eigenvalue weighted by Gasteiger charge is -2.33. The van der Waals surface area contributed by atoms with Crippen molar-refractivity contribution < 1.29 is 19.4 Å². The van der Waals surface area contributed by atoms with Crippen LogP contribution < -0.4 is 20.5 Å². The van der Waals surface area contributed by atoms with Gasteiger partial charge in [0.15, 0.2) is 5.82 Å². The van der Waals surface area contributed by atoms with E-state index in [1.807, 2.05) is 0 Å². The van der Waals surface area contributed by atoms with Crippen molar-refractivity contribution in [3.8, 4) is 11.5 Å². The molecule has 0 fully saturated rings. The Morgan fingerprint density at radius 2 is 2.19 bits per heavy atom. The van der Waals surface area contributed by atoms with Gasteiger partial charge in [-0.25, -0.2) is 4.68 Å². The molecule has 2 aromatic rings. The number of carbonyl (C=O) groups is 1. The second-order valence-corrected chi connectivity index (χ2v) is 6.21. The predicted octanol–water partition coefficient (Wildman–Crippen LogP) is 0.850. The fraction of sp³-hybridized carbons (Fsp3) is 0.389. The van der Waals surface area contributed by atoms with Gasteiger partial charge < -0.3 is 25.6 Å². The molecule has 1 amide bonds. The molecule has 0 bridgehead atoms. The maximum atomic E-state index is 12.2. The summed E-state index contributed by atoms with van der Waals surface area (Å²) in [5.41, 5.74) is 6.80. The number of aliphatic hydroxyl groups is 1. The van der Waals surface area contributed by atoms with Gasteiger partial charge in [-0.2, -0.15) is 10.1 Å². The molecule has 4 N–H and O–H groups in total. The number of fused-ring (bicyclic) bond motifs is 1. The molecule has 2 atom stereocenters. The molecule has 9 heteroatoms. The highest BCUT2D eigenvalue weighted by atomic mass is 16.5. The van der Waals surface area contributed by atoms with E-state index >= 15 is 0 Å². The third-order valence-corrected chi connectivity index (χ3v) is 4.52. The molecule has 0 unspecified atom stereocenters. The van der Waals surface area contributed by atoms with Crippen LogP contribution in [0.5, 0.6) is 11.5 Å². The molecule has 3 rings (SSSR count). The van der Waals surface area contributed by atoms with E-state index in [2.05, 4.69) is 22.0 Å². The number of aliphatic hydroxyl groups excluding tert-OH is 1. The van der Waals surface area contributed by atoms with Crippen LogP contribution in [0.3, 0.4) is 0 Å². The van der Waals surface area contributed by atoms with Gasteiger partial charge in [0.05, 0.1) is 14.2 Å². The van der Waals surface area contributed by atoms with E-state index in [0.29, 0.717) is 47.4 Å². The number of amides is 1. The molecule has 0 radical (unpaired) electrons. The minimum atomic E-state index is -0.758. The molecular weight excluding hydrogens is 350 g/mol. The van der Waals surface area contributed by atoms with Gasteiger partial charge in [-0.15, -0.1) is 0 Å². The lowest BCUT2D eigenvalue weighted by atomic mass is 9.88. The Hall–Kier alpha value is -3.07. The van der Waals surface area contributed by atoms with E-state index in [9.17, 15) is 4.79 Å². The smallest absolute Gasteiger partial charge is 0.229 e. The summed E-state index contributed by atoms with van der Waals surface area (Å²) in [7, 11) is 3.11. The molecule has 0 spiro atoms. The first-order valence-electron chi connectivity index (χ1n) is 8.53. The van der Waals surface area contributed by atoms with Crippen LogP contribution in [0, 0.1) is 5.92 Å². The molecule has 144 valence electrons. The first kappa shape index (κ1) is 18.7. The van der Waals surface area contributed by atoms with Crippen LogP contribution in [0.15, 0.2) is 30.5 Å². The third kappa shape index (κ3) is 3.45. The van der Waals surface area contributed by atoms with Crippen LogP contribution in [-0.2, 0) is 11.2 Å². The van der Waals surface area contributed by atoms with Gasteiger partial charge in [-0.1, -0.05) is 6.58 Å². The van der Waals surface area contributed by atoms with Crippen LogP contribution in [0.1, 0.15) is 23.9 Å². The SMILES string of the molecule is C=C1Nc2nc(CCCO)nn2[C@@H](c2cc(OC)ccc2OC)[C@@H]1C(N)=O. The first-order valence-corrected chi connectivity index (χ1v) is 8.53. The van der Waals surface area contributed by atoms with Crippen molar-refractivity contribution in [3.05, 3.63) is 41.9 Å². The molecule has 1 aliphatic rings. The summed E-state index contributed by atoms with van der Waals surface area (Å²) in [4.78, 5) is 16.7. The number of nitrogens with two attached hydrogens (primary N) is 1. The van der Waals surface area contributed by atoms with Crippen molar-refractivity contribution in [2.24, 2.45) is 11.7 Å². The maximum Gasteiger partial charge on any atom is 0.229 e. The monoisotopic (exact) mass is 373 g/mol. The van der Waals surface area contributed by atoms with Crippen molar-refractivity contribution in [1.82, 2.24) is 14.8 Å². The van der Waals surface area contributed by atoms with Gasteiger partial charge in [0, 0.05) is 24.3 Å². The van der Waals surface area contributed by atoms with Crippen LogP contribution in [0.2, 0.25) is 0 Å². The Morgan fingerprint density at radius 3 is 2.81 bits per heavy atom. The van der Waals surface area contributed by atoms with Gasteiger partial charge in [0.2, 0.25) is 11.9 Å². The number of hydrogen-bond acceptors (Lipinski definition) is 7. The molecule has 27 heavy (non-hydrogen) atoms. The van der Waals surface area contributed by atoms with Gasteiger partial charge in [-0.3, -0.25) is 4.79 Å². The van der Waals surface area contributed by atoms with Crippen LogP contribution >= 0.6 is 0 Å². The van der Waals surface area contributed by atoms with Crippen LogP contribution in [0.25, 0.3) is 0 Å². The highest BCUT2D eigenvalue weighted by molar-refractivity contribution is 5.82. The maximum absolute atomic E-state index is 12.2. The Balaban J connectivity index is 2.17. The second kappa shape index (κ2) is 7.67. The zero-order valence-electron chi connectivity index (χ0n) is 15.3. The molecule has 1 aliphatic heterocycles. The highest BCUT2D eigenvalue weighted by Crippen LogP contribution is 2.42. The van der Waals surface area contributed by atoms with Crippen molar-refractivity contribution in [3.63, 3.8) is 0 Å². The average Bonchev–Trinajstić information content (AvgIpc) is 3.06. The number of primary amides is 1. The molecule has 1 aromatic carbocycles. The summed E-state index contributed by atoms with van der Waals surface area (Å²) in [6.45, 7) is 4.00. The lowest BCUT2D eigenvalue weighted by Crippen LogP contribution is -2.40. The topological polar surface area (TPSA) is 125 Å². The largest absolute Gasteiger partial charge is 0.497 e. The zero-order valence-corrected chi connectivity index (χ0v) is 15.3. The number of nitrogens with one attached hydrogen (secondary N) is 1. The number of rotatable bonds is 7. The van der Waals surface area contributed by atoms with Crippen molar-refractivity contribution in [2.45, 2.75) is 18.9 Å². The fourth-order valence-electron chi connectivity index (χ4n) is 3.25. The standard InChI is InChI=1S/C18H23N5O4/c1-10-15(17(19)25)16(12-9-11(26-2)6-7-13(12)27-3)23-18(20-10)21-14(22-23)5-4-8-24/h6-7,9,15-16,24H,1,4-5,8H2,2-3H3,(H2,19,25)(H,20,21,22)/t15-,16+/m1/s1. The molecule has 0 saturated carbocycles. The summed E-state index contributed by atoms with van der Waals surface area (Å²) < 4.78 is 12.4. The third-order valence-electron chi connectivity index (χ3n) is 4.52. The summed E-state index contributed by atoms with van der Waals surface area (Å²) in [6, 6.07) is 4.73. The van der Waals surface area contributed by atoms with Crippen molar-refractivity contribution in [2.75, 3.05) is 26.1 Å². The number of carbonyl (C=O) groups excluding carboxylic acids is 1. The average molecular weight is 373 g/mol. The van der Waals surface area contributed by atoms with Crippen LogP contribution in [0.4, 0.5) is 5.95 Å². The van der Waals surface area contributed by atoms with E-state index in [0.717, 1.165) is 0 Å². The number of anilines is 1. The van der Waals surface area contributed by atoms with Gasteiger partial charge in [-0.05, 0) is 24.6 Å². The molecule has 0 saturated heterocycles. The number of aromatic nitrogens is 3. The minimum Gasteiger partial charge on any atom is -0.497 e. The molecule has 0 aliphatic carbocycles. The van der Waals surface area contributed by atoms with Gasteiger partial charge in [0.1, 0.15) is 23.5 Å². The number of aryl methyl sites for hydroxylation is 1. The number of methoxy groups -OCH3 is 2. The number of ether oxygens (including phenoxy) is 2. The Kier molecular flexibility index (Phi) is 5.31. The summed E-state index contributed by atoms with van der Waals surface area (Å²) in [5, 5.41) is 16.6. The fourth-order valence-corrected chi connectivity index (χ4v) is 3.25. The number of hydrogen-bond donors (Lipinski definition) is 3. The summed E-state index contributed by atoms with van der Waals surface area (Å²) in [5.74, 6) is 0.892. The molecule has 1 aromatic heterocycles. The lowest BCUT2D eigenvalue weighted by molar-refractivity contribution is -0.121. The first-order chi connectivity index (χ1) is 13.0. The van der Waals surface area contributed by atoms with E-state index < -0.39 is 17.9 Å². The van der Waals surface area contributed by atoms with Gasteiger partial charge >= 0.3 is 0 Å². The zero-order chi connectivity index (χ0) is 19.6. The minimum absolute atomic E-state index is 0.0427. The Bertz CT molecular complexity index is 863. The quantitative estimate of drug-likeness (QED) is 0.657. The summed E-state index contributed by atoms with van der Waals surface area (Å²) in [6.07, 6.45) is 1.05. The van der Waals surface area contributed by atoms with Crippen molar-refractivity contribution in [1.29, 1.82) is 0 Å². The number of nitrogens with zero attached hydrogens (tertiary/aromatic N) is 3. The van der Waals surface area contributed by atoms with E-state index in [4.69, 9.17) is 20.3 Å². The molecular formula is C18H23N5O4. The highest BCUT2D eigenvalue weighted by Gasteiger charge is 2.40. The van der Waals surface area contributed by atoms with E-state index in [1.165, 1.54) is 0 Å². The van der Waals surface area contributed by atoms with Gasteiger partial charge in [0.25, 0.3) is 0 Å². The van der Waals surface area contributed by atoms with E-state index in [-0.39, 0.29) is 6.61 Å². The normalized spacial score (nSPS) is 18.6. The predicted molar refractivity (Wildman–Crippen MR) is 98.6 cm³/mol. The Labute approximate surface area is 156 Å². The molecule has 2 heterocycles. The molecule has 9 nitrogen and oxygen atoms in total.